The number of methoxy groups -OCH3 is 1. The normalized spacial score (nSPS) is 11.1. The van der Waals surface area contributed by atoms with Crippen molar-refractivity contribution in [2.75, 3.05) is 7.11 Å². The summed E-state index contributed by atoms with van der Waals surface area (Å²) in [6, 6.07) is 1.95. The molecule has 0 bridgehead atoms. The Balaban J connectivity index is 3.03. The largest absolute Gasteiger partial charge is 0.574 e. The molecule has 0 saturated carbocycles. The van der Waals surface area contributed by atoms with Crippen LogP contribution in [0.25, 0.3) is 0 Å². The third kappa shape index (κ3) is 3.27. The van der Waals surface area contributed by atoms with E-state index in [0.717, 1.165) is 19.2 Å². The Morgan fingerprint density at radius 1 is 1.44 bits per heavy atom. The van der Waals surface area contributed by atoms with Crippen LogP contribution in [0.4, 0.5) is 13.2 Å². The van der Waals surface area contributed by atoms with E-state index in [0.29, 0.717) is 0 Å². The second kappa shape index (κ2) is 4.56. The zero-order valence-corrected chi connectivity index (χ0v) is 8.59. The third-order valence-corrected chi connectivity index (χ3v) is 1.72. The number of hydrogen-bond acceptors (Lipinski definition) is 4. The lowest BCUT2D eigenvalue weighted by Gasteiger charge is -2.09. The summed E-state index contributed by atoms with van der Waals surface area (Å²) < 4.78 is 43.3. The van der Waals surface area contributed by atoms with Gasteiger partial charge in [-0.3, -0.25) is 0 Å². The smallest absolute Gasteiger partial charge is 0.464 e. The number of alkyl halides is 3. The van der Waals surface area contributed by atoms with Crippen LogP contribution in [0.15, 0.2) is 12.1 Å². The minimum atomic E-state index is -4.88. The summed E-state index contributed by atoms with van der Waals surface area (Å²) in [6.45, 7) is 0. The first-order valence-electron chi connectivity index (χ1n) is 3.84. The minimum Gasteiger partial charge on any atom is -0.464 e. The topological polar surface area (TPSA) is 48.4 Å². The number of ether oxygens (including phenoxy) is 2. The van der Waals surface area contributed by atoms with Gasteiger partial charge in [0.15, 0.2) is 5.69 Å². The second-order valence-electron chi connectivity index (χ2n) is 2.52. The van der Waals surface area contributed by atoms with Crippen LogP contribution in [0, 0.1) is 0 Å². The van der Waals surface area contributed by atoms with E-state index in [1.165, 1.54) is 0 Å². The molecule has 0 aliphatic rings. The van der Waals surface area contributed by atoms with E-state index in [4.69, 9.17) is 11.6 Å². The highest BCUT2D eigenvalue weighted by Gasteiger charge is 2.32. The van der Waals surface area contributed by atoms with Crippen LogP contribution in [0.2, 0.25) is 5.02 Å². The van der Waals surface area contributed by atoms with Crippen molar-refractivity contribution in [2.45, 2.75) is 6.36 Å². The van der Waals surface area contributed by atoms with Crippen LogP contribution in [0.5, 0.6) is 5.88 Å². The van der Waals surface area contributed by atoms with Gasteiger partial charge in [0, 0.05) is 6.07 Å². The number of hydrogen-bond donors (Lipinski definition) is 0. The number of carbonyl (C=O) groups is 1. The Morgan fingerprint density at radius 3 is 2.56 bits per heavy atom. The number of halogens is 4. The van der Waals surface area contributed by atoms with Gasteiger partial charge in [0.2, 0.25) is 5.88 Å². The van der Waals surface area contributed by atoms with Crippen molar-refractivity contribution in [2.24, 2.45) is 0 Å². The first kappa shape index (κ1) is 12.6. The van der Waals surface area contributed by atoms with Crippen molar-refractivity contribution < 1.29 is 27.4 Å². The standard InChI is InChI=1S/C8H5ClF3NO3/c1-15-7(14)6-4(9)2-3-5(13-6)16-8(10,11)12/h2-3H,1H3. The summed E-state index contributed by atoms with van der Waals surface area (Å²) in [5, 5.41) is -0.124. The zero-order chi connectivity index (χ0) is 12.3. The SMILES string of the molecule is COC(=O)c1nc(OC(F)(F)F)ccc1Cl. The van der Waals surface area contributed by atoms with Crippen molar-refractivity contribution in [3.05, 3.63) is 22.8 Å². The van der Waals surface area contributed by atoms with Gasteiger partial charge in [-0.15, -0.1) is 13.2 Å². The quantitative estimate of drug-likeness (QED) is 0.762. The number of esters is 1. The molecule has 1 rings (SSSR count). The lowest BCUT2D eigenvalue weighted by Crippen LogP contribution is -2.18. The van der Waals surface area contributed by atoms with Crippen LogP contribution in [-0.4, -0.2) is 24.4 Å². The van der Waals surface area contributed by atoms with Gasteiger partial charge >= 0.3 is 12.3 Å². The van der Waals surface area contributed by atoms with E-state index >= 15 is 0 Å². The molecule has 0 atom stereocenters. The molecular weight excluding hydrogens is 251 g/mol. The Labute approximate surface area is 92.9 Å². The summed E-state index contributed by atoms with van der Waals surface area (Å²) in [4.78, 5) is 14.3. The molecule has 0 fully saturated rings. The molecule has 0 unspecified atom stereocenters. The van der Waals surface area contributed by atoms with Crippen molar-refractivity contribution in [1.82, 2.24) is 4.98 Å². The van der Waals surface area contributed by atoms with E-state index in [9.17, 15) is 18.0 Å². The van der Waals surface area contributed by atoms with E-state index < -0.39 is 23.9 Å². The van der Waals surface area contributed by atoms with Crippen LogP contribution in [0.3, 0.4) is 0 Å². The van der Waals surface area contributed by atoms with Crippen molar-refractivity contribution >= 4 is 17.6 Å². The highest BCUT2D eigenvalue weighted by molar-refractivity contribution is 6.33. The predicted molar refractivity (Wildman–Crippen MR) is 47.3 cm³/mol. The van der Waals surface area contributed by atoms with Crippen LogP contribution < -0.4 is 4.74 Å². The van der Waals surface area contributed by atoms with Gasteiger partial charge in [-0.2, -0.15) is 0 Å². The van der Waals surface area contributed by atoms with Gasteiger partial charge in [-0.05, 0) is 6.07 Å². The van der Waals surface area contributed by atoms with E-state index in [1.807, 2.05) is 0 Å². The molecule has 88 valence electrons. The third-order valence-electron chi connectivity index (χ3n) is 1.42. The Kier molecular flexibility index (Phi) is 3.58. The van der Waals surface area contributed by atoms with Crippen LogP contribution in [0.1, 0.15) is 10.5 Å². The van der Waals surface area contributed by atoms with Crippen LogP contribution in [-0.2, 0) is 4.74 Å². The second-order valence-corrected chi connectivity index (χ2v) is 2.93. The molecule has 4 nitrogen and oxygen atoms in total. The van der Waals surface area contributed by atoms with Gasteiger partial charge in [0.1, 0.15) is 0 Å². The lowest BCUT2D eigenvalue weighted by atomic mass is 10.3. The fraction of sp³-hybridized carbons (Fsp3) is 0.250. The number of rotatable bonds is 2. The summed E-state index contributed by atoms with van der Waals surface area (Å²) >= 11 is 5.54. The Hall–Kier alpha value is -1.50. The molecule has 16 heavy (non-hydrogen) atoms. The Bertz CT molecular complexity index is 408. The van der Waals surface area contributed by atoms with E-state index in [2.05, 4.69) is 14.5 Å². The first-order valence-corrected chi connectivity index (χ1v) is 4.22. The number of carbonyl (C=O) groups excluding carboxylic acids is 1. The van der Waals surface area contributed by atoms with Crippen molar-refractivity contribution in [3.63, 3.8) is 0 Å². The molecule has 0 aromatic carbocycles. The average molecular weight is 256 g/mol. The molecule has 1 aromatic rings. The van der Waals surface area contributed by atoms with Crippen molar-refractivity contribution in [1.29, 1.82) is 0 Å². The minimum absolute atomic E-state index is 0.124. The van der Waals surface area contributed by atoms with Gasteiger partial charge in [-0.25, -0.2) is 9.78 Å². The van der Waals surface area contributed by atoms with Gasteiger partial charge < -0.3 is 9.47 Å². The summed E-state index contributed by atoms with van der Waals surface area (Å²) in [5.41, 5.74) is -0.439. The zero-order valence-electron chi connectivity index (χ0n) is 7.84. The monoisotopic (exact) mass is 255 g/mol. The predicted octanol–water partition coefficient (Wildman–Crippen LogP) is 2.42. The maximum absolute atomic E-state index is 11.8. The number of aromatic nitrogens is 1. The fourth-order valence-corrected chi connectivity index (χ4v) is 1.02. The summed E-state index contributed by atoms with van der Waals surface area (Å²) in [6.07, 6.45) is -4.88. The number of pyridine rings is 1. The van der Waals surface area contributed by atoms with Gasteiger partial charge in [0.05, 0.1) is 12.1 Å². The molecule has 0 radical (unpaired) electrons. The molecule has 0 aliphatic carbocycles. The molecule has 0 N–H and O–H groups in total. The summed E-state index contributed by atoms with van der Waals surface area (Å²) in [7, 11) is 1.05. The highest BCUT2D eigenvalue weighted by Crippen LogP contribution is 2.24. The number of nitrogens with zero attached hydrogens (tertiary/aromatic N) is 1. The molecule has 0 saturated heterocycles. The van der Waals surface area contributed by atoms with Crippen LogP contribution >= 0.6 is 11.6 Å². The molecule has 0 spiro atoms. The molecule has 0 amide bonds. The van der Waals surface area contributed by atoms with E-state index in [-0.39, 0.29) is 5.02 Å². The Morgan fingerprint density at radius 2 is 2.06 bits per heavy atom. The van der Waals surface area contributed by atoms with E-state index in [1.54, 1.807) is 0 Å². The molecule has 1 heterocycles. The molecule has 1 aromatic heterocycles. The van der Waals surface area contributed by atoms with Crippen molar-refractivity contribution in [3.8, 4) is 5.88 Å². The first-order chi connectivity index (χ1) is 7.33. The van der Waals surface area contributed by atoms with Gasteiger partial charge in [-0.1, -0.05) is 11.6 Å². The summed E-state index contributed by atoms with van der Waals surface area (Å²) in [5.74, 6) is -1.73. The maximum atomic E-state index is 11.8. The molecule has 8 heteroatoms. The fourth-order valence-electron chi connectivity index (χ4n) is 0.839. The average Bonchev–Trinajstić information content (AvgIpc) is 2.18. The molecule has 0 aliphatic heterocycles. The van der Waals surface area contributed by atoms with Gasteiger partial charge in [0.25, 0.3) is 0 Å². The maximum Gasteiger partial charge on any atom is 0.574 e. The lowest BCUT2D eigenvalue weighted by molar-refractivity contribution is -0.276. The molecular formula is C8H5ClF3NO3. The highest BCUT2D eigenvalue weighted by atomic mass is 35.5.